The minimum atomic E-state index is -0.243. The molecule has 1 N–H and O–H groups in total. The molecule has 0 radical (unpaired) electrons. The van der Waals surface area contributed by atoms with E-state index in [0.717, 1.165) is 23.5 Å². The molecule has 0 aliphatic heterocycles. The Morgan fingerprint density at radius 2 is 2.04 bits per heavy atom. The molecule has 2 aromatic heterocycles. The van der Waals surface area contributed by atoms with E-state index in [1.165, 1.54) is 24.2 Å². The summed E-state index contributed by atoms with van der Waals surface area (Å²) in [5, 5.41) is 12.5. The van der Waals surface area contributed by atoms with E-state index in [1.54, 1.807) is 17.1 Å². The number of carbonyl (C=O) groups is 1. The molecule has 0 fully saturated rings. The Morgan fingerprint density at radius 1 is 1.21 bits per heavy atom. The number of hydrogen-bond donors (Lipinski definition) is 1. The van der Waals surface area contributed by atoms with Gasteiger partial charge in [-0.1, -0.05) is 49.3 Å². The number of benzene rings is 1. The molecule has 0 atom stereocenters. The van der Waals surface area contributed by atoms with Crippen LogP contribution in [0.4, 0.5) is 5.13 Å². The highest BCUT2D eigenvalue weighted by Crippen LogP contribution is 2.19. The Hall–Kier alpha value is -2.54. The third-order valence-electron chi connectivity index (χ3n) is 3.59. The van der Waals surface area contributed by atoms with E-state index in [4.69, 9.17) is 0 Å². The number of anilines is 1. The number of nitrogens with one attached hydrogen (secondary N) is 1. The number of rotatable bonds is 7. The Morgan fingerprint density at radius 3 is 2.83 bits per heavy atom. The van der Waals surface area contributed by atoms with Crippen LogP contribution < -0.4 is 5.32 Å². The van der Waals surface area contributed by atoms with E-state index >= 15 is 0 Å². The number of para-hydroxylation sites is 1. The zero-order valence-corrected chi connectivity index (χ0v) is 14.3. The topological polar surface area (TPSA) is 72.7 Å². The zero-order valence-electron chi connectivity index (χ0n) is 13.5. The summed E-state index contributed by atoms with van der Waals surface area (Å²) in [6, 6.07) is 9.63. The fourth-order valence-electron chi connectivity index (χ4n) is 2.35. The number of amides is 1. The molecule has 1 aromatic carbocycles. The second-order valence-corrected chi connectivity index (χ2v) is 6.46. The highest BCUT2D eigenvalue weighted by Gasteiger charge is 2.15. The molecule has 0 saturated heterocycles. The smallest absolute Gasteiger partial charge is 0.276 e. The highest BCUT2D eigenvalue weighted by molar-refractivity contribution is 7.15. The summed E-state index contributed by atoms with van der Waals surface area (Å²) in [7, 11) is 0. The lowest BCUT2D eigenvalue weighted by Crippen LogP contribution is -2.15. The molecule has 3 rings (SSSR count). The molecule has 3 aromatic rings. The third kappa shape index (κ3) is 3.86. The first kappa shape index (κ1) is 16.3. The lowest BCUT2D eigenvalue weighted by atomic mass is 10.2. The van der Waals surface area contributed by atoms with Crippen molar-refractivity contribution in [2.24, 2.45) is 0 Å². The van der Waals surface area contributed by atoms with E-state index in [2.05, 4.69) is 27.4 Å². The first-order valence-electron chi connectivity index (χ1n) is 7.99. The molecular formula is C17H19N5OS. The van der Waals surface area contributed by atoms with Crippen LogP contribution >= 0.6 is 11.3 Å². The Bertz CT molecular complexity index is 796. The Kier molecular flexibility index (Phi) is 5.32. The van der Waals surface area contributed by atoms with Gasteiger partial charge in [-0.25, -0.2) is 4.98 Å². The van der Waals surface area contributed by atoms with Crippen molar-refractivity contribution in [3.05, 3.63) is 53.6 Å². The summed E-state index contributed by atoms with van der Waals surface area (Å²) in [6.45, 7) is 2.17. The molecular weight excluding hydrogens is 322 g/mol. The van der Waals surface area contributed by atoms with Gasteiger partial charge in [-0.05, 0) is 18.6 Å². The average Bonchev–Trinajstić information content (AvgIpc) is 3.25. The Balaban J connectivity index is 1.69. The molecule has 0 unspecified atom stereocenters. The predicted octanol–water partition coefficient (Wildman–Crippen LogP) is 3.71. The molecule has 0 bridgehead atoms. The van der Waals surface area contributed by atoms with Gasteiger partial charge in [0.05, 0.1) is 12.5 Å². The van der Waals surface area contributed by atoms with Crippen molar-refractivity contribution >= 4 is 22.4 Å². The maximum atomic E-state index is 12.5. The third-order valence-corrected chi connectivity index (χ3v) is 4.49. The minimum absolute atomic E-state index is 0.243. The first-order chi connectivity index (χ1) is 11.8. The van der Waals surface area contributed by atoms with E-state index in [9.17, 15) is 4.79 Å². The van der Waals surface area contributed by atoms with Crippen LogP contribution in [-0.4, -0.2) is 25.7 Å². The van der Waals surface area contributed by atoms with Crippen molar-refractivity contribution in [3.63, 3.8) is 0 Å². The second kappa shape index (κ2) is 7.83. The standard InChI is InChI=1S/C17H19N5OS/c1-2-3-5-10-15-20-21-17(24-15)19-16(23)14-11-18-12-22(14)13-8-6-4-7-9-13/h4,6-9,11-12H,2-3,5,10H2,1H3,(H,19,21,23). The van der Waals surface area contributed by atoms with Crippen molar-refractivity contribution in [1.29, 1.82) is 0 Å². The number of hydrogen-bond acceptors (Lipinski definition) is 5. The summed E-state index contributed by atoms with van der Waals surface area (Å²) in [6.07, 6.45) is 7.53. The number of imidazole rings is 1. The molecule has 124 valence electrons. The van der Waals surface area contributed by atoms with Crippen LogP contribution in [0.25, 0.3) is 5.69 Å². The summed E-state index contributed by atoms with van der Waals surface area (Å²) in [5.74, 6) is -0.243. The quantitative estimate of drug-likeness (QED) is 0.665. The number of carbonyl (C=O) groups excluding carboxylic acids is 1. The van der Waals surface area contributed by atoms with Crippen LogP contribution in [-0.2, 0) is 6.42 Å². The van der Waals surface area contributed by atoms with Crippen LogP contribution in [0.3, 0.4) is 0 Å². The number of aryl methyl sites for hydroxylation is 1. The monoisotopic (exact) mass is 341 g/mol. The first-order valence-corrected chi connectivity index (χ1v) is 8.81. The van der Waals surface area contributed by atoms with E-state index in [0.29, 0.717) is 10.8 Å². The number of unbranched alkanes of at least 4 members (excludes halogenated alkanes) is 2. The van der Waals surface area contributed by atoms with Gasteiger partial charge in [-0.2, -0.15) is 0 Å². The molecule has 0 aliphatic rings. The van der Waals surface area contributed by atoms with Gasteiger partial charge in [-0.15, -0.1) is 10.2 Å². The number of nitrogens with zero attached hydrogens (tertiary/aromatic N) is 4. The van der Waals surface area contributed by atoms with Crippen LogP contribution in [0.1, 0.15) is 41.7 Å². The van der Waals surface area contributed by atoms with E-state index < -0.39 is 0 Å². The molecule has 6 nitrogen and oxygen atoms in total. The molecule has 7 heteroatoms. The van der Waals surface area contributed by atoms with Gasteiger partial charge in [0.15, 0.2) is 0 Å². The van der Waals surface area contributed by atoms with Gasteiger partial charge in [-0.3, -0.25) is 14.7 Å². The summed E-state index contributed by atoms with van der Waals surface area (Å²) < 4.78 is 1.75. The SMILES string of the molecule is CCCCCc1nnc(NC(=O)c2cncn2-c2ccccc2)s1. The van der Waals surface area contributed by atoms with Crippen molar-refractivity contribution < 1.29 is 4.79 Å². The molecule has 24 heavy (non-hydrogen) atoms. The van der Waals surface area contributed by atoms with Crippen LogP contribution in [0.5, 0.6) is 0 Å². The van der Waals surface area contributed by atoms with Gasteiger partial charge in [0.1, 0.15) is 10.7 Å². The van der Waals surface area contributed by atoms with Gasteiger partial charge in [0.25, 0.3) is 5.91 Å². The van der Waals surface area contributed by atoms with Crippen molar-refractivity contribution in [2.75, 3.05) is 5.32 Å². The fourth-order valence-corrected chi connectivity index (χ4v) is 3.13. The van der Waals surface area contributed by atoms with E-state index in [1.807, 2.05) is 30.3 Å². The highest BCUT2D eigenvalue weighted by atomic mass is 32.1. The van der Waals surface area contributed by atoms with Gasteiger partial charge in [0, 0.05) is 12.1 Å². The second-order valence-electron chi connectivity index (χ2n) is 5.40. The maximum Gasteiger partial charge on any atom is 0.276 e. The van der Waals surface area contributed by atoms with Gasteiger partial charge >= 0.3 is 0 Å². The van der Waals surface area contributed by atoms with Crippen molar-refractivity contribution in [2.45, 2.75) is 32.6 Å². The largest absolute Gasteiger partial charge is 0.295 e. The number of aromatic nitrogens is 4. The molecule has 0 aliphatic carbocycles. The molecule has 2 heterocycles. The summed E-state index contributed by atoms with van der Waals surface area (Å²) in [4.78, 5) is 16.6. The van der Waals surface area contributed by atoms with Gasteiger partial charge in [0.2, 0.25) is 5.13 Å². The average molecular weight is 341 g/mol. The van der Waals surface area contributed by atoms with Crippen molar-refractivity contribution in [1.82, 2.24) is 19.7 Å². The minimum Gasteiger partial charge on any atom is -0.295 e. The summed E-state index contributed by atoms with van der Waals surface area (Å²) >= 11 is 1.43. The maximum absolute atomic E-state index is 12.5. The van der Waals surface area contributed by atoms with Crippen molar-refractivity contribution in [3.8, 4) is 5.69 Å². The van der Waals surface area contributed by atoms with Gasteiger partial charge < -0.3 is 0 Å². The lowest BCUT2D eigenvalue weighted by Gasteiger charge is -2.06. The van der Waals surface area contributed by atoms with Crippen LogP contribution in [0, 0.1) is 0 Å². The molecule has 0 saturated carbocycles. The van der Waals surface area contributed by atoms with Crippen LogP contribution in [0.15, 0.2) is 42.9 Å². The molecule has 0 spiro atoms. The summed E-state index contributed by atoms with van der Waals surface area (Å²) in [5.41, 5.74) is 1.35. The lowest BCUT2D eigenvalue weighted by molar-refractivity contribution is 0.102. The van der Waals surface area contributed by atoms with E-state index in [-0.39, 0.29) is 5.91 Å². The molecule has 1 amide bonds. The fraction of sp³-hybridized carbons (Fsp3) is 0.294. The predicted molar refractivity (Wildman–Crippen MR) is 94.7 cm³/mol. The normalized spacial score (nSPS) is 10.7. The van der Waals surface area contributed by atoms with Crippen LogP contribution in [0.2, 0.25) is 0 Å². The Labute approximate surface area is 144 Å². The zero-order chi connectivity index (χ0) is 16.8.